The number of rotatable bonds is 9. The lowest BCUT2D eigenvalue weighted by molar-refractivity contribution is 0.108. The van der Waals surface area contributed by atoms with E-state index in [1.807, 2.05) is 13.8 Å². The normalized spacial score (nSPS) is 10.6. The second-order valence-electron chi connectivity index (χ2n) is 3.24. The molecule has 0 atom stereocenters. The number of nitrogens with zero attached hydrogens (tertiary/aromatic N) is 1. The first-order chi connectivity index (χ1) is 6.70. The summed E-state index contributed by atoms with van der Waals surface area (Å²) in [5, 5.41) is 0. The van der Waals surface area contributed by atoms with Gasteiger partial charge in [-0.05, 0) is 14.0 Å². The molecule has 14 heavy (non-hydrogen) atoms. The van der Waals surface area contributed by atoms with E-state index in [-0.39, 0.29) is 0 Å². The molecule has 0 spiro atoms. The zero-order valence-electron chi connectivity index (χ0n) is 9.71. The number of allylic oxidation sites excluding steroid dienone is 1. The van der Waals surface area contributed by atoms with Crippen molar-refractivity contribution in [3.63, 3.8) is 0 Å². The summed E-state index contributed by atoms with van der Waals surface area (Å²) in [5.74, 6) is 0.864. The van der Waals surface area contributed by atoms with Crippen LogP contribution in [0.15, 0.2) is 12.3 Å². The van der Waals surface area contributed by atoms with E-state index in [1.165, 1.54) is 0 Å². The molecule has 0 amide bonds. The number of hydrogen-bond acceptors (Lipinski definition) is 3. The first-order valence-corrected chi connectivity index (χ1v) is 5.27. The van der Waals surface area contributed by atoms with Gasteiger partial charge in [0.1, 0.15) is 6.61 Å². The molecule has 0 bridgehead atoms. The third kappa shape index (κ3) is 8.08. The van der Waals surface area contributed by atoms with Gasteiger partial charge in [-0.3, -0.25) is 0 Å². The highest BCUT2D eigenvalue weighted by Gasteiger charge is 1.98. The predicted octanol–water partition coefficient (Wildman–Crippen LogP) is 1.90. The minimum absolute atomic E-state index is 0.718. The van der Waals surface area contributed by atoms with E-state index < -0.39 is 0 Å². The molecule has 0 aromatic rings. The Bertz CT molecular complexity index is 148. The van der Waals surface area contributed by atoms with Crippen molar-refractivity contribution in [2.75, 3.05) is 40.0 Å². The Morgan fingerprint density at radius 1 is 1.21 bits per heavy atom. The van der Waals surface area contributed by atoms with Crippen molar-refractivity contribution >= 4 is 0 Å². The molecule has 0 heterocycles. The van der Waals surface area contributed by atoms with Gasteiger partial charge in [-0.15, -0.1) is 0 Å². The molecule has 84 valence electrons. The molecule has 0 fully saturated rings. The molecule has 0 aliphatic heterocycles. The second-order valence-corrected chi connectivity index (χ2v) is 3.24. The Morgan fingerprint density at radius 3 is 2.43 bits per heavy atom. The fourth-order valence-electron chi connectivity index (χ4n) is 0.924. The molecule has 3 nitrogen and oxygen atoms in total. The molecule has 0 saturated heterocycles. The number of ether oxygens (including phenoxy) is 2. The van der Waals surface area contributed by atoms with E-state index in [0.29, 0.717) is 0 Å². The van der Waals surface area contributed by atoms with Crippen LogP contribution in [0, 0.1) is 0 Å². The fourth-order valence-corrected chi connectivity index (χ4v) is 0.924. The quantitative estimate of drug-likeness (QED) is 0.420. The monoisotopic (exact) mass is 201 g/mol. The van der Waals surface area contributed by atoms with Crippen molar-refractivity contribution in [1.82, 2.24) is 4.90 Å². The summed E-state index contributed by atoms with van der Waals surface area (Å²) in [4.78, 5) is 2.19. The minimum Gasteiger partial charge on any atom is -0.497 e. The lowest BCUT2D eigenvalue weighted by Crippen LogP contribution is -2.27. The molecule has 0 radical (unpaired) electrons. The summed E-state index contributed by atoms with van der Waals surface area (Å²) in [7, 11) is 2.07. The topological polar surface area (TPSA) is 21.7 Å². The van der Waals surface area contributed by atoms with Gasteiger partial charge in [0.15, 0.2) is 0 Å². The van der Waals surface area contributed by atoms with Gasteiger partial charge in [-0.1, -0.05) is 13.5 Å². The van der Waals surface area contributed by atoms with Gasteiger partial charge in [-0.2, -0.15) is 0 Å². The van der Waals surface area contributed by atoms with E-state index in [9.17, 15) is 0 Å². The second kappa shape index (κ2) is 9.03. The highest BCUT2D eigenvalue weighted by molar-refractivity contribution is 4.79. The fraction of sp³-hybridized carbons (Fsp3) is 0.818. The van der Waals surface area contributed by atoms with Crippen LogP contribution in [0.25, 0.3) is 0 Å². The highest BCUT2D eigenvalue weighted by Crippen LogP contribution is 1.97. The van der Waals surface area contributed by atoms with E-state index in [4.69, 9.17) is 9.47 Å². The molecule has 0 aliphatic rings. The van der Waals surface area contributed by atoms with Crippen LogP contribution in [0.5, 0.6) is 0 Å². The highest BCUT2D eigenvalue weighted by atomic mass is 16.5. The smallest absolute Gasteiger partial charge is 0.100 e. The lowest BCUT2D eigenvalue weighted by atomic mass is 10.4. The lowest BCUT2D eigenvalue weighted by Gasteiger charge is -2.16. The Hall–Kier alpha value is -0.540. The Kier molecular flexibility index (Phi) is 8.68. The molecule has 0 aromatic carbocycles. The first-order valence-electron chi connectivity index (χ1n) is 5.27. The van der Waals surface area contributed by atoms with Crippen LogP contribution in [-0.4, -0.2) is 44.9 Å². The third-order valence-corrected chi connectivity index (χ3v) is 2.00. The minimum atomic E-state index is 0.718. The van der Waals surface area contributed by atoms with Crippen molar-refractivity contribution in [1.29, 1.82) is 0 Å². The SMILES string of the molecule is C=C(CC)OCCN(C)CCOCC. The van der Waals surface area contributed by atoms with Crippen molar-refractivity contribution in [3.05, 3.63) is 12.3 Å². The van der Waals surface area contributed by atoms with Gasteiger partial charge in [0.2, 0.25) is 0 Å². The summed E-state index contributed by atoms with van der Waals surface area (Å²) < 4.78 is 10.6. The van der Waals surface area contributed by atoms with Crippen molar-refractivity contribution in [2.45, 2.75) is 20.3 Å². The van der Waals surface area contributed by atoms with Crippen molar-refractivity contribution < 1.29 is 9.47 Å². The van der Waals surface area contributed by atoms with Crippen molar-refractivity contribution in [3.8, 4) is 0 Å². The summed E-state index contributed by atoms with van der Waals surface area (Å²) in [6.45, 7) is 12.0. The van der Waals surface area contributed by atoms with E-state index in [2.05, 4.69) is 18.5 Å². The Morgan fingerprint density at radius 2 is 1.86 bits per heavy atom. The molecule has 0 rings (SSSR count). The molecular weight excluding hydrogens is 178 g/mol. The van der Waals surface area contributed by atoms with Gasteiger partial charge in [0, 0.05) is 26.1 Å². The van der Waals surface area contributed by atoms with Crippen LogP contribution in [0.3, 0.4) is 0 Å². The van der Waals surface area contributed by atoms with E-state index >= 15 is 0 Å². The van der Waals surface area contributed by atoms with Gasteiger partial charge >= 0.3 is 0 Å². The Labute approximate surface area is 87.7 Å². The summed E-state index contributed by atoms with van der Waals surface area (Å²) in [6.07, 6.45) is 0.892. The van der Waals surface area contributed by atoms with Gasteiger partial charge < -0.3 is 14.4 Å². The largest absolute Gasteiger partial charge is 0.497 e. The molecular formula is C11H23NO2. The van der Waals surface area contributed by atoms with E-state index in [0.717, 1.165) is 45.1 Å². The van der Waals surface area contributed by atoms with Crippen LogP contribution in [-0.2, 0) is 9.47 Å². The van der Waals surface area contributed by atoms with E-state index in [1.54, 1.807) is 0 Å². The predicted molar refractivity (Wildman–Crippen MR) is 59.4 cm³/mol. The summed E-state index contributed by atoms with van der Waals surface area (Å²) in [6, 6.07) is 0. The number of likely N-dealkylation sites (N-methyl/N-ethyl adjacent to an activating group) is 1. The van der Waals surface area contributed by atoms with Crippen LogP contribution in [0.2, 0.25) is 0 Å². The third-order valence-electron chi connectivity index (χ3n) is 2.00. The molecule has 0 aliphatic carbocycles. The van der Waals surface area contributed by atoms with Crippen molar-refractivity contribution in [2.24, 2.45) is 0 Å². The molecule has 0 saturated carbocycles. The van der Waals surface area contributed by atoms with Gasteiger partial charge in [0.25, 0.3) is 0 Å². The summed E-state index contributed by atoms with van der Waals surface area (Å²) in [5.41, 5.74) is 0. The van der Waals surface area contributed by atoms with Gasteiger partial charge in [0.05, 0.1) is 12.4 Å². The molecule has 3 heteroatoms. The maximum atomic E-state index is 5.39. The first kappa shape index (κ1) is 13.5. The number of hydrogen-bond donors (Lipinski definition) is 0. The average molecular weight is 201 g/mol. The van der Waals surface area contributed by atoms with Gasteiger partial charge in [-0.25, -0.2) is 0 Å². The van der Waals surface area contributed by atoms with Crippen LogP contribution < -0.4 is 0 Å². The summed E-state index contributed by atoms with van der Waals surface area (Å²) >= 11 is 0. The van der Waals surface area contributed by atoms with Crippen LogP contribution in [0.4, 0.5) is 0 Å². The molecule has 0 unspecified atom stereocenters. The zero-order valence-corrected chi connectivity index (χ0v) is 9.71. The average Bonchev–Trinajstić information content (AvgIpc) is 2.18. The zero-order chi connectivity index (χ0) is 10.8. The maximum Gasteiger partial charge on any atom is 0.100 e. The molecule has 0 N–H and O–H groups in total. The Balaban J connectivity index is 3.26. The maximum absolute atomic E-state index is 5.39. The van der Waals surface area contributed by atoms with Crippen LogP contribution in [0.1, 0.15) is 20.3 Å². The standard InChI is InChI=1S/C11H23NO2/c1-5-11(3)14-10-8-12(4)7-9-13-6-2/h3,5-10H2,1-2,4H3. The van der Waals surface area contributed by atoms with Crippen LogP contribution >= 0.6 is 0 Å². The molecule has 0 aromatic heterocycles.